The second-order valence-corrected chi connectivity index (χ2v) is 9.10. The summed E-state index contributed by atoms with van der Waals surface area (Å²) in [6, 6.07) is 3.42. The van der Waals surface area contributed by atoms with Crippen molar-refractivity contribution in [2.24, 2.45) is 11.7 Å². The highest BCUT2D eigenvalue weighted by molar-refractivity contribution is 6.14. The van der Waals surface area contributed by atoms with Gasteiger partial charge in [-0.05, 0) is 61.3 Å². The molecule has 6 N–H and O–H groups in total. The maximum atomic E-state index is 13.2. The van der Waals surface area contributed by atoms with Crippen LogP contribution < -0.4 is 16.8 Å². The molecule has 8 nitrogen and oxygen atoms in total. The van der Waals surface area contributed by atoms with E-state index in [2.05, 4.69) is 22.2 Å². The Morgan fingerprint density at radius 1 is 1.38 bits per heavy atom. The number of nitrogens with zero attached hydrogens (tertiary/aromatic N) is 2. The monoisotopic (exact) mass is 437 g/mol. The van der Waals surface area contributed by atoms with Crippen LogP contribution in [0, 0.1) is 5.92 Å². The molecule has 32 heavy (non-hydrogen) atoms. The SMILES string of the molecule is CCCc1cnc2c(C(=O)Nc3cnccc3[C@H]3C[C@@H](N)[C@](C)(O)[C@@H](C)C3)c(N)oc2c1. The molecule has 1 fully saturated rings. The van der Waals surface area contributed by atoms with Gasteiger partial charge in [-0.15, -0.1) is 0 Å². The first-order valence-electron chi connectivity index (χ1n) is 11.1. The molecule has 1 aliphatic rings. The van der Waals surface area contributed by atoms with Crippen molar-refractivity contribution in [1.82, 2.24) is 9.97 Å². The summed E-state index contributed by atoms with van der Waals surface area (Å²) < 4.78 is 5.64. The number of aromatic nitrogens is 2. The molecular weight excluding hydrogens is 406 g/mol. The average molecular weight is 438 g/mol. The number of carbonyl (C=O) groups excluding carboxylic acids is 1. The van der Waals surface area contributed by atoms with Crippen LogP contribution in [-0.4, -0.2) is 32.6 Å². The fourth-order valence-electron chi connectivity index (χ4n) is 4.66. The Morgan fingerprint density at radius 3 is 2.88 bits per heavy atom. The zero-order valence-electron chi connectivity index (χ0n) is 18.8. The summed E-state index contributed by atoms with van der Waals surface area (Å²) in [6.45, 7) is 5.88. The van der Waals surface area contributed by atoms with E-state index < -0.39 is 11.5 Å². The number of aliphatic hydroxyl groups is 1. The Hall–Kier alpha value is -2.97. The summed E-state index contributed by atoms with van der Waals surface area (Å²) in [5, 5.41) is 13.6. The van der Waals surface area contributed by atoms with Gasteiger partial charge in [-0.2, -0.15) is 0 Å². The van der Waals surface area contributed by atoms with Crippen molar-refractivity contribution in [2.75, 3.05) is 11.1 Å². The number of aryl methyl sites for hydroxylation is 1. The molecule has 170 valence electrons. The molecule has 4 rings (SSSR count). The summed E-state index contributed by atoms with van der Waals surface area (Å²) in [4.78, 5) is 21.8. The van der Waals surface area contributed by atoms with Crippen molar-refractivity contribution in [2.45, 2.75) is 64.0 Å². The quantitative estimate of drug-likeness (QED) is 0.478. The van der Waals surface area contributed by atoms with E-state index in [4.69, 9.17) is 15.9 Å². The normalized spacial score (nSPS) is 25.7. The predicted molar refractivity (Wildman–Crippen MR) is 124 cm³/mol. The Kier molecular flexibility index (Phi) is 5.92. The number of nitrogen functional groups attached to an aromatic ring is 1. The number of hydrogen-bond acceptors (Lipinski definition) is 7. The topological polar surface area (TPSA) is 140 Å². The van der Waals surface area contributed by atoms with Crippen molar-refractivity contribution >= 4 is 28.6 Å². The molecule has 3 aromatic rings. The van der Waals surface area contributed by atoms with Crippen molar-refractivity contribution < 1.29 is 14.3 Å². The number of nitrogens with two attached hydrogens (primary N) is 2. The Bertz CT molecular complexity index is 1130. The van der Waals surface area contributed by atoms with Crippen LogP contribution in [0.2, 0.25) is 0 Å². The Labute approximate surface area is 187 Å². The van der Waals surface area contributed by atoms with Crippen LogP contribution >= 0.6 is 0 Å². The molecule has 0 unspecified atom stereocenters. The van der Waals surface area contributed by atoms with Gasteiger partial charge in [0, 0.05) is 18.4 Å². The molecule has 0 radical (unpaired) electrons. The van der Waals surface area contributed by atoms with Gasteiger partial charge < -0.3 is 26.3 Å². The second-order valence-electron chi connectivity index (χ2n) is 9.10. The first-order chi connectivity index (χ1) is 15.2. The van der Waals surface area contributed by atoms with Gasteiger partial charge in [-0.1, -0.05) is 20.3 Å². The number of fused-ring (bicyclic) bond motifs is 1. The van der Waals surface area contributed by atoms with Gasteiger partial charge in [0.05, 0.1) is 17.5 Å². The third-order valence-corrected chi connectivity index (χ3v) is 6.85. The lowest BCUT2D eigenvalue weighted by Crippen LogP contribution is -2.54. The van der Waals surface area contributed by atoms with E-state index >= 15 is 0 Å². The van der Waals surface area contributed by atoms with Gasteiger partial charge in [0.2, 0.25) is 5.88 Å². The maximum Gasteiger partial charge on any atom is 0.263 e. The lowest BCUT2D eigenvalue weighted by atomic mass is 9.68. The van der Waals surface area contributed by atoms with Gasteiger partial charge in [-0.25, -0.2) is 0 Å². The number of furan rings is 1. The van der Waals surface area contributed by atoms with Crippen LogP contribution in [-0.2, 0) is 6.42 Å². The Balaban J connectivity index is 1.62. The lowest BCUT2D eigenvalue weighted by Gasteiger charge is -2.44. The van der Waals surface area contributed by atoms with E-state index in [0.29, 0.717) is 23.2 Å². The van der Waals surface area contributed by atoms with Gasteiger partial charge >= 0.3 is 0 Å². The van der Waals surface area contributed by atoms with Crippen LogP contribution in [0.3, 0.4) is 0 Å². The molecular formula is C24H31N5O3. The zero-order valence-corrected chi connectivity index (χ0v) is 18.8. The van der Waals surface area contributed by atoms with Crippen molar-refractivity contribution in [3.8, 4) is 0 Å². The molecule has 0 saturated heterocycles. The van der Waals surface area contributed by atoms with E-state index in [1.807, 2.05) is 19.1 Å². The minimum atomic E-state index is -0.917. The molecule has 0 aliphatic heterocycles. The van der Waals surface area contributed by atoms with E-state index in [1.54, 1.807) is 25.5 Å². The van der Waals surface area contributed by atoms with E-state index in [9.17, 15) is 9.90 Å². The van der Waals surface area contributed by atoms with Gasteiger partial charge in [-0.3, -0.25) is 14.8 Å². The van der Waals surface area contributed by atoms with Crippen LogP contribution in [0.4, 0.5) is 11.6 Å². The van der Waals surface area contributed by atoms with Crippen LogP contribution in [0.1, 0.15) is 67.4 Å². The van der Waals surface area contributed by atoms with Gasteiger partial charge in [0.15, 0.2) is 5.58 Å². The molecule has 1 amide bonds. The van der Waals surface area contributed by atoms with Crippen LogP contribution in [0.15, 0.2) is 35.1 Å². The molecule has 0 bridgehead atoms. The molecule has 0 aromatic carbocycles. The van der Waals surface area contributed by atoms with Gasteiger partial charge in [0.25, 0.3) is 5.91 Å². The highest BCUT2D eigenvalue weighted by Crippen LogP contribution is 2.43. The van der Waals surface area contributed by atoms with E-state index in [0.717, 1.165) is 30.4 Å². The predicted octanol–water partition coefficient (Wildman–Crippen LogP) is 3.60. The zero-order chi connectivity index (χ0) is 23.0. The number of anilines is 2. The molecule has 0 spiro atoms. The van der Waals surface area contributed by atoms with E-state index in [1.165, 1.54) is 0 Å². The largest absolute Gasteiger partial charge is 0.438 e. The third kappa shape index (κ3) is 3.96. The average Bonchev–Trinajstić information content (AvgIpc) is 3.07. The first-order valence-corrected chi connectivity index (χ1v) is 11.1. The molecule has 1 saturated carbocycles. The number of hydrogen-bond donors (Lipinski definition) is 4. The first kappa shape index (κ1) is 22.2. The molecule has 8 heteroatoms. The van der Waals surface area contributed by atoms with Crippen molar-refractivity contribution in [3.63, 3.8) is 0 Å². The highest BCUT2D eigenvalue weighted by Gasteiger charge is 2.42. The molecule has 1 aliphatic carbocycles. The van der Waals surface area contributed by atoms with Crippen molar-refractivity contribution in [3.05, 3.63) is 47.4 Å². The lowest BCUT2D eigenvalue weighted by molar-refractivity contribution is -0.0463. The number of nitrogens with one attached hydrogen (secondary N) is 1. The van der Waals surface area contributed by atoms with Crippen molar-refractivity contribution in [1.29, 1.82) is 0 Å². The van der Waals surface area contributed by atoms with E-state index in [-0.39, 0.29) is 29.3 Å². The number of pyridine rings is 2. The summed E-state index contributed by atoms with van der Waals surface area (Å²) in [5.74, 6) is -0.255. The fraction of sp³-hybridized carbons (Fsp3) is 0.458. The number of amides is 1. The maximum absolute atomic E-state index is 13.2. The summed E-state index contributed by atoms with van der Waals surface area (Å²) in [6.07, 6.45) is 8.31. The summed E-state index contributed by atoms with van der Waals surface area (Å²) >= 11 is 0. The molecule has 3 heterocycles. The standard InChI is InChI=1S/C24H31N5O3/c1-4-5-14-9-18-21(28-11-14)20(22(26)32-18)23(30)29-17-12-27-7-6-16(17)15-8-13(2)24(3,31)19(25)10-15/h6-7,9,11-13,15,19,31H,4-5,8,10,25-26H2,1-3H3,(H,29,30)/t13-,15+,19+,24+/m0/s1. The van der Waals surface area contributed by atoms with Gasteiger partial charge in [0.1, 0.15) is 11.1 Å². The number of rotatable bonds is 5. The second kappa shape index (κ2) is 8.52. The van der Waals surface area contributed by atoms with Crippen LogP contribution in [0.5, 0.6) is 0 Å². The molecule has 4 atom stereocenters. The number of carbonyl (C=O) groups is 1. The smallest absolute Gasteiger partial charge is 0.263 e. The third-order valence-electron chi connectivity index (χ3n) is 6.85. The minimum Gasteiger partial charge on any atom is -0.438 e. The minimum absolute atomic E-state index is 0.0166. The highest BCUT2D eigenvalue weighted by atomic mass is 16.3. The molecule has 3 aromatic heterocycles. The van der Waals surface area contributed by atoms with Crippen LogP contribution in [0.25, 0.3) is 11.1 Å². The Morgan fingerprint density at radius 2 is 2.16 bits per heavy atom. The summed E-state index contributed by atoms with van der Waals surface area (Å²) in [7, 11) is 0. The summed E-state index contributed by atoms with van der Waals surface area (Å²) in [5.41, 5.74) is 15.1. The fourth-order valence-corrected chi connectivity index (χ4v) is 4.66.